The molecule has 0 atom stereocenters. The molecule has 8 nitrogen and oxygen atoms in total. The van der Waals surface area contributed by atoms with Crippen molar-refractivity contribution in [1.82, 2.24) is 5.32 Å². The molecule has 0 bridgehead atoms. The number of hydrogen-bond donors (Lipinski definition) is 2. The van der Waals surface area contributed by atoms with Crippen molar-refractivity contribution in [2.75, 3.05) is 31.6 Å². The largest absolute Gasteiger partial charge is 0.497 e. The van der Waals surface area contributed by atoms with Gasteiger partial charge >= 0.3 is 0 Å². The van der Waals surface area contributed by atoms with Crippen LogP contribution in [0.3, 0.4) is 0 Å². The van der Waals surface area contributed by atoms with Crippen LogP contribution in [-0.2, 0) is 21.2 Å². The Balaban J connectivity index is 1.50. The van der Waals surface area contributed by atoms with Crippen molar-refractivity contribution < 1.29 is 27.4 Å². The maximum Gasteiger partial charge on any atom is 0.261 e. The molecule has 3 rings (SSSR count). The second kappa shape index (κ2) is 12.1. The molecule has 0 heterocycles. The third-order valence-corrected chi connectivity index (χ3v) is 6.51. The molecular weight excluding hydrogens is 468 g/mol. The topological polar surface area (TPSA) is 103 Å². The van der Waals surface area contributed by atoms with Crippen LogP contribution < -0.4 is 24.2 Å². The van der Waals surface area contributed by atoms with Crippen LogP contribution in [0.15, 0.2) is 71.6 Å². The van der Waals surface area contributed by atoms with Crippen LogP contribution >= 0.6 is 0 Å². The number of ether oxygens (including phenoxy) is 3. The first-order valence-corrected chi connectivity index (χ1v) is 12.7. The summed E-state index contributed by atoms with van der Waals surface area (Å²) in [6.45, 7) is 4.45. The Morgan fingerprint density at radius 3 is 2.23 bits per heavy atom. The molecule has 0 aromatic heterocycles. The lowest BCUT2D eigenvalue weighted by Crippen LogP contribution is -2.30. The summed E-state index contributed by atoms with van der Waals surface area (Å²) in [5.41, 5.74) is 2.11. The van der Waals surface area contributed by atoms with Gasteiger partial charge in [0.25, 0.3) is 15.9 Å². The summed E-state index contributed by atoms with van der Waals surface area (Å²) >= 11 is 0. The van der Waals surface area contributed by atoms with Gasteiger partial charge in [-0.15, -0.1) is 0 Å². The SMILES string of the molecule is CCOc1ccc(NS(=O)(=O)c2ccc(OCC(=O)NCCc3ccc(OC)cc3)c(C)c2)cc1. The van der Waals surface area contributed by atoms with E-state index in [4.69, 9.17) is 14.2 Å². The van der Waals surface area contributed by atoms with E-state index in [1.54, 1.807) is 44.4 Å². The van der Waals surface area contributed by atoms with E-state index in [2.05, 4.69) is 10.0 Å². The van der Waals surface area contributed by atoms with Gasteiger partial charge in [0.1, 0.15) is 17.2 Å². The van der Waals surface area contributed by atoms with Crippen molar-refractivity contribution in [3.8, 4) is 17.2 Å². The second-order valence-electron chi connectivity index (χ2n) is 7.73. The molecule has 0 unspecified atom stereocenters. The number of benzene rings is 3. The summed E-state index contributed by atoms with van der Waals surface area (Å²) in [6.07, 6.45) is 0.683. The third-order valence-electron chi connectivity index (χ3n) is 5.13. The fraction of sp³-hybridized carbons (Fsp3) is 0.269. The minimum absolute atomic E-state index is 0.0974. The molecule has 1 amide bonds. The number of hydrogen-bond acceptors (Lipinski definition) is 6. The Kier molecular flexibility index (Phi) is 8.97. The van der Waals surface area contributed by atoms with E-state index in [-0.39, 0.29) is 17.4 Å². The van der Waals surface area contributed by atoms with Crippen molar-refractivity contribution >= 4 is 21.6 Å². The Morgan fingerprint density at radius 1 is 0.914 bits per heavy atom. The highest BCUT2D eigenvalue weighted by molar-refractivity contribution is 7.92. The molecule has 186 valence electrons. The van der Waals surface area contributed by atoms with Crippen LogP contribution in [0.25, 0.3) is 0 Å². The quantitative estimate of drug-likeness (QED) is 0.392. The minimum atomic E-state index is -3.79. The standard InChI is InChI=1S/C26H30N2O6S/c1-4-33-23-11-7-21(8-12-23)28-35(30,31)24-13-14-25(19(2)17-24)34-18-26(29)27-16-15-20-5-9-22(32-3)10-6-20/h5-14,17,28H,4,15-16,18H2,1-3H3,(H,27,29). The van der Waals surface area contributed by atoms with Crippen LogP contribution in [0, 0.1) is 6.92 Å². The lowest BCUT2D eigenvalue weighted by Gasteiger charge is -2.13. The van der Waals surface area contributed by atoms with Gasteiger partial charge in [0.15, 0.2) is 6.61 Å². The van der Waals surface area contributed by atoms with E-state index >= 15 is 0 Å². The van der Waals surface area contributed by atoms with E-state index in [1.165, 1.54) is 12.1 Å². The van der Waals surface area contributed by atoms with Crippen molar-refractivity contribution in [2.24, 2.45) is 0 Å². The number of methoxy groups -OCH3 is 1. The fourth-order valence-corrected chi connectivity index (χ4v) is 4.43. The number of nitrogens with one attached hydrogen (secondary N) is 2. The molecule has 3 aromatic carbocycles. The molecule has 9 heteroatoms. The van der Waals surface area contributed by atoms with Crippen molar-refractivity contribution in [3.63, 3.8) is 0 Å². The number of anilines is 1. The van der Waals surface area contributed by atoms with Crippen LogP contribution in [0.5, 0.6) is 17.2 Å². The Morgan fingerprint density at radius 2 is 1.60 bits per heavy atom. The molecule has 0 spiro atoms. The van der Waals surface area contributed by atoms with E-state index in [1.807, 2.05) is 31.2 Å². The van der Waals surface area contributed by atoms with Gasteiger partial charge in [-0.1, -0.05) is 12.1 Å². The number of sulfonamides is 1. The van der Waals surface area contributed by atoms with Crippen LogP contribution in [0.2, 0.25) is 0 Å². The van der Waals surface area contributed by atoms with Crippen molar-refractivity contribution in [2.45, 2.75) is 25.2 Å². The van der Waals surface area contributed by atoms with Crippen LogP contribution in [0.4, 0.5) is 5.69 Å². The summed E-state index contributed by atoms with van der Waals surface area (Å²) in [6, 6.07) is 18.8. The predicted molar refractivity (Wildman–Crippen MR) is 135 cm³/mol. The average Bonchev–Trinajstić information content (AvgIpc) is 2.85. The highest BCUT2D eigenvalue weighted by Gasteiger charge is 2.16. The van der Waals surface area contributed by atoms with E-state index in [0.29, 0.717) is 42.3 Å². The second-order valence-corrected chi connectivity index (χ2v) is 9.41. The molecule has 0 saturated carbocycles. The number of aryl methyl sites for hydroxylation is 1. The van der Waals surface area contributed by atoms with Gasteiger partial charge in [-0.2, -0.15) is 0 Å². The smallest absolute Gasteiger partial charge is 0.261 e. The average molecular weight is 499 g/mol. The maximum absolute atomic E-state index is 12.8. The first kappa shape index (κ1) is 25.9. The van der Waals surface area contributed by atoms with E-state index < -0.39 is 10.0 Å². The predicted octanol–water partition coefficient (Wildman–Crippen LogP) is 3.94. The van der Waals surface area contributed by atoms with Gasteiger partial charge in [-0.05, 0) is 86.0 Å². The monoisotopic (exact) mass is 498 g/mol. The maximum atomic E-state index is 12.8. The van der Waals surface area contributed by atoms with Crippen LogP contribution in [-0.4, -0.2) is 41.2 Å². The third kappa shape index (κ3) is 7.65. The Labute approximate surface area is 206 Å². The van der Waals surface area contributed by atoms with Crippen molar-refractivity contribution in [1.29, 1.82) is 0 Å². The first-order valence-electron chi connectivity index (χ1n) is 11.2. The zero-order valence-corrected chi connectivity index (χ0v) is 20.9. The fourth-order valence-electron chi connectivity index (χ4n) is 3.28. The van der Waals surface area contributed by atoms with Gasteiger partial charge in [-0.25, -0.2) is 8.42 Å². The molecule has 35 heavy (non-hydrogen) atoms. The van der Waals surface area contributed by atoms with Crippen LogP contribution in [0.1, 0.15) is 18.1 Å². The summed E-state index contributed by atoms with van der Waals surface area (Å²) in [5, 5.41) is 2.81. The summed E-state index contributed by atoms with van der Waals surface area (Å²) < 4.78 is 44.2. The van der Waals surface area contributed by atoms with Gasteiger partial charge in [0, 0.05) is 12.2 Å². The summed E-state index contributed by atoms with van der Waals surface area (Å²) in [7, 11) is -2.17. The molecule has 3 aromatic rings. The first-order chi connectivity index (χ1) is 16.8. The Bertz CT molecular complexity index is 1230. The molecule has 0 saturated heterocycles. The van der Waals surface area contributed by atoms with Gasteiger partial charge in [-0.3, -0.25) is 9.52 Å². The molecule has 0 aliphatic heterocycles. The number of amides is 1. The van der Waals surface area contributed by atoms with E-state index in [0.717, 1.165) is 11.3 Å². The zero-order chi connectivity index (χ0) is 25.3. The van der Waals surface area contributed by atoms with Gasteiger partial charge in [0.05, 0.1) is 18.6 Å². The number of rotatable bonds is 12. The number of carbonyl (C=O) groups excluding carboxylic acids is 1. The zero-order valence-electron chi connectivity index (χ0n) is 20.0. The number of carbonyl (C=O) groups is 1. The Hall–Kier alpha value is -3.72. The minimum Gasteiger partial charge on any atom is -0.497 e. The summed E-state index contributed by atoms with van der Waals surface area (Å²) in [4.78, 5) is 12.2. The molecule has 0 fully saturated rings. The normalized spacial score (nSPS) is 10.9. The van der Waals surface area contributed by atoms with E-state index in [9.17, 15) is 13.2 Å². The van der Waals surface area contributed by atoms with Crippen molar-refractivity contribution in [3.05, 3.63) is 77.9 Å². The molecule has 0 aliphatic carbocycles. The van der Waals surface area contributed by atoms with Gasteiger partial charge in [0.2, 0.25) is 0 Å². The summed E-state index contributed by atoms with van der Waals surface area (Å²) in [5.74, 6) is 1.63. The van der Waals surface area contributed by atoms with Gasteiger partial charge < -0.3 is 19.5 Å². The lowest BCUT2D eigenvalue weighted by atomic mass is 10.1. The molecule has 0 aliphatic rings. The molecule has 2 N–H and O–H groups in total. The highest BCUT2D eigenvalue weighted by Crippen LogP contribution is 2.24. The lowest BCUT2D eigenvalue weighted by molar-refractivity contribution is -0.123. The molecule has 0 radical (unpaired) electrons. The highest BCUT2D eigenvalue weighted by atomic mass is 32.2. The molecular formula is C26H30N2O6S.